The van der Waals surface area contributed by atoms with E-state index in [-0.39, 0.29) is 12.7 Å². The zero-order valence-electron chi connectivity index (χ0n) is 9.26. The van der Waals surface area contributed by atoms with Gasteiger partial charge in [0.15, 0.2) is 0 Å². The van der Waals surface area contributed by atoms with Crippen molar-refractivity contribution in [3.05, 3.63) is 0 Å². The van der Waals surface area contributed by atoms with Crippen LogP contribution in [0.4, 0.5) is 0 Å². The van der Waals surface area contributed by atoms with Crippen molar-refractivity contribution in [3.8, 4) is 0 Å². The minimum atomic E-state index is -0.554. The third-order valence-corrected chi connectivity index (χ3v) is 4.14. The quantitative estimate of drug-likeness (QED) is 0.507. The number of thioether (sulfide) groups is 2. The van der Waals surface area contributed by atoms with E-state index in [2.05, 4.69) is 0 Å². The van der Waals surface area contributed by atoms with E-state index in [1.165, 1.54) is 0 Å². The van der Waals surface area contributed by atoms with E-state index >= 15 is 0 Å². The van der Waals surface area contributed by atoms with Gasteiger partial charge in [0, 0.05) is 5.75 Å². The molecule has 92 valence electrons. The van der Waals surface area contributed by atoms with E-state index < -0.39 is 6.10 Å². The lowest BCUT2D eigenvalue weighted by atomic mass is 10.3. The lowest BCUT2D eigenvalue weighted by Crippen LogP contribution is -2.12. The van der Waals surface area contributed by atoms with Crippen molar-refractivity contribution in [2.75, 3.05) is 29.6 Å². The van der Waals surface area contributed by atoms with E-state index in [1.807, 2.05) is 11.8 Å². The molecule has 5 heteroatoms. The summed E-state index contributed by atoms with van der Waals surface area (Å²) in [5.41, 5.74) is 0. The first-order chi connectivity index (χ1) is 7.16. The Labute approximate surface area is 101 Å². The monoisotopic (exact) mass is 254 g/mol. The maximum Gasteiger partial charge on any atom is 0.0778 e. The largest absolute Gasteiger partial charge is 0.394 e. The lowest BCUT2D eigenvalue weighted by molar-refractivity contribution is 0.0932. The fraction of sp³-hybridized carbons (Fsp3) is 1.00. The molecule has 0 saturated heterocycles. The summed E-state index contributed by atoms with van der Waals surface area (Å²) < 4.78 is 0. The molecule has 0 heterocycles. The summed E-state index contributed by atoms with van der Waals surface area (Å²) in [6.45, 7) is 1.67. The summed E-state index contributed by atoms with van der Waals surface area (Å²) in [5.74, 6) is 3.89. The van der Waals surface area contributed by atoms with Gasteiger partial charge < -0.3 is 15.3 Å². The van der Waals surface area contributed by atoms with Crippen molar-refractivity contribution in [2.24, 2.45) is 0 Å². The van der Waals surface area contributed by atoms with E-state index in [1.54, 1.807) is 18.7 Å². The van der Waals surface area contributed by atoms with Crippen molar-refractivity contribution in [3.63, 3.8) is 0 Å². The minimum absolute atomic E-state index is 0.134. The highest BCUT2D eigenvalue weighted by Crippen LogP contribution is 2.10. The van der Waals surface area contributed by atoms with Crippen LogP contribution in [0.15, 0.2) is 0 Å². The van der Waals surface area contributed by atoms with Crippen LogP contribution >= 0.6 is 23.5 Å². The van der Waals surface area contributed by atoms with Crippen LogP contribution in [0.25, 0.3) is 0 Å². The number of aliphatic hydroxyl groups is 3. The average Bonchev–Trinajstić information content (AvgIpc) is 2.21. The Balaban J connectivity index is 2.99. The Kier molecular flexibility index (Phi) is 11.5. The molecule has 0 amide bonds. The predicted octanol–water partition coefficient (Wildman–Crippen LogP) is 0.967. The molecule has 15 heavy (non-hydrogen) atoms. The Morgan fingerprint density at radius 1 is 1.07 bits per heavy atom. The highest BCUT2D eigenvalue weighted by Gasteiger charge is 2.01. The average molecular weight is 254 g/mol. The molecule has 0 aliphatic rings. The van der Waals surface area contributed by atoms with Gasteiger partial charge in [0.2, 0.25) is 0 Å². The lowest BCUT2D eigenvalue weighted by Gasteiger charge is -2.06. The zero-order valence-corrected chi connectivity index (χ0v) is 10.9. The Bertz CT molecular complexity index is 134. The minimum Gasteiger partial charge on any atom is -0.394 e. The Hall–Kier alpha value is 0.580. The van der Waals surface area contributed by atoms with Crippen molar-refractivity contribution < 1.29 is 15.3 Å². The van der Waals surface area contributed by atoms with Gasteiger partial charge in [-0.05, 0) is 37.0 Å². The molecule has 0 aromatic heterocycles. The maximum atomic E-state index is 9.06. The smallest absolute Gasteiger partial charge is 0.0778 e. The van der Waals surface area contributed by atoms with Crippen LogP contribution in [0, 0.1) is 0 Å². The topological polar surface area (TPSA) is 60.7 Å². The van der Waals surface area contributed by atoms with Crippen LogP contribution in [0.3, 0.4) is 0 Å². The summed E-state index contributed by atoms with van der Waals surface area (Å²) in [7, 11) is 0. The summed E-state index contributed by atoms with van der Waals surface area (Å²) in [6, 6.07) is 0. The molecule has 0 saturated carbocycles. The summed E-state index contributed by atoms with van der Waals surface area (Å²) >= 11 is 3.59. The second kappa shape index (κ2) is 11.1. The number of aliphatic hydroxyl groups excluding tert-OH is 3. The molecule has 0 aliphatic carbocycles. The van der Waals surface area contributed by atoms with Gasteiger partial charge in [0.25, 0.3) is 0 Å². The molecule has 3 nitrogen and oxygen atoms in total. The fourth-order valence-electron chi connectivity index (χ4n) is 0.930. The predicted molar refractivity (Wildman–Crippen MR) is 68.7 cm³/mol. The molecule has 0 spiro atoms. The molecular weight excluding hydrogens is 232 g/mol. The summed E-state index contributed by atoms with van der Waals surface area (Å²) in [6.07, 6.45) is 1.05. The number of rotatable bonds is 10. The van der Waals surface area contributed by atoms with Crippen LogP contribution in [0.1, 0.15) is 19.8 Å². The molecule has 0 aliphatic heterocycles. The molecule has 0 fully saturated rings. The molecule has 2 unspecified atom stereocenters. The molecule has 2 atom stereocenters. The molecular formula is C10H22O3S2. The van der Waals surface area contributed by atoms with E-state index in [0.29, 0.717) is 6.42 Å². The van der Waals surface area contributed by atoms with Gasteiger partial charge >= 0.3 is 0 Å². The van der Waals surface area contributed by atoms with Gasteiger partial charge in [-0.25, -0.2) is 0 Å². The molecule has 0 aromatic rings. The molecule has 0 radical (unpaired) electrons. The summed E-state index contributed by atoms with van der Waals surface area (Å²) in [5, 5.41) is 26.6. The molecule has 3 N–H and O–H groups in total. The second-order valence-electron chi connectivity index (χ2n) is 3.51. The third kappa shape index (κ3) is 12.5. The van der Waals surface area contributed by atoms with Gasteiger partial charge in [-0.15, -0.1) is 0 Å². The van der Waals surface area contributed by atoms with Crippen LogP contribution in [-0.4, -0.2) is 57.1 Å². The van der Waals surface area contributed by atoms with Crippen LogP contribution < -0.4 is 0 Å². The van der Waals surface area contributed by atoms with Crippen LogP contribution in [0.5, 0.6) is 0 Å². The summed E-state index contributed by atoms with van der Waals surface area (Å²) in [4.78, 5) is 0. The van der Waals surface area contributed by atoms with Gasteiger partial charge in [-0.1, -0.05) is 0 Å². The van der Waals surface area contributed by atoms with Gasteiger partial charge in [0.1, 0.15) is 0 Å². The Morgan fingerprint density at radius 2 is 1.73 bits per heavy atom. The third-order valence-electron chi connectivity index (χ3n) is 1.74. The van der Waals surface area contributed by atoms with Crippen molar-refractivity contribution in [2.45, 2.75) is 32.0 Å². The molecule has 0 bridgehead atoms. The fourth-order valence-corrected chi connectivity index (χ4v) is 2.96. The standard InChI is InChI=1S/C10H22O3S2/c1-9(12)8-15-5-2-4-14-6-3-10(13)7-11/h9-13H,2-8H2,1H3. The van der Waals surface area contributed by atoms with Crippen molar-refractivity contribution in [1.82, 2.24) is 0 Å². The first-order valence-electron chi connectivity index (χ1n) is 5.29. The molecule has 0 rings (SSSR count). The van der Waals surface area contributed by atoms with Gasteiger partial charge in [-0.3, -0.25) is 0 Å². The second-order valence-corrected chi connectivity index (χ2v) is 5.89. The number of hydrogen-bond acceptors (Lipinski definition) is 5. The zero-order chi connectivity index (χ0) is 11.5. The number of hydrogen-bond donors (Lipinski definition) is 3. The Morgan fingerprint density at radius 3 is 2.33 bits per heavy atom. The van der Waals surface area contributed by atoms with Crippen LogP contribution in [0.2, 0.25) is 0 Å². The van der Waals surface area contributed by atoms with Gasteiger partial charge in [-0.2, -0.15) is 23.5 Å². The van der Waals surface area contributed by atoms with E-state index in [9.17, 15) is 0 Å². The SMILES string of the molecule is CC(O)CSCCCSCCC(O)CO. The van der Waals surface area contributed by atoms with Crippen LogP contribution in [-0.2, 0) is 0 Å². The maximum absolute atomic E-state index is 9.06. The van der Waals surface area contributed by atoms with Crippen molar-refractivity contribution >= 4 is 23.5 Å². The van der Waals surface area contributed by atoms with E-state index in [4.69, 9.17) is 15.3 Å². The van der Waals surface area contributed by atoms with Gasteiger partial charge in [0.05, 0.1) is 18.8 Å². The highest BCUT2D eigenvalue weighted by atomic mass is 32.2. The van der Waals surface area contributed by atoms with Crippen molar-refractivity contribution in [1.29, 1.82) is 0 Å². The normalized spacial score (nSPS) is 15.2. The highest BCUT2D eigenvalue weighted by molar-refractivity contribution is 8.00. The van der Waals surface area contributed by atoms with E-state index in [0.717, 1.165) is 29.4 Å². The first kappa shape index (κ1) is 15.6. The molecule has 0 aromatic carbocycles. The first-order valence-corrected chi connectivity index (χ1v) is 7.60.